The van der Waals surface area contributed by atoms with E-state index in [1.807, 2.05) is 0 Å². The number of rotatable bonds is 3. The Morgan fingerprint density at radius 2 is 1.91 bits per heavy atom. The van der Waals surface area contributed by atoms with Crippen LogP contribution in [0.4, 0.5) is 11.4 Å². The van der Waals surface area contributed by atoms with Crippen molar-refractivity contribution in [2.24, 2.45) is 0 Å². The number of nitro groups is 1. The van der Waals surface area contributed by atoms with Gasteiger partial charge in [0.15, 0.2) is 5.78 Å². The molecule has 1 N–H and O–H groups in total. The Labute approximate surface area is 125 Å². The Hall–Kier alpha value is -3.28. The van der Waals surface area contributed by atoms with E-state index in [9.17, 15) is 19.7 Å². The highest BCUT2D eigenvalue weighted by atomic mass is 16.6. The predicted molar refractivity (Wildman–Crippen MR) is 80.5 cm³/mol. The van der Waals surface area contributed by atoms with Crippen LogP contribution in [0.15, 0.2) is 54.6 Å². The molecule has 0 spiro atoms. The van der Waals surface area contributed by atoms with E-state index in [0.717, 1.165) is 0 Å². The number of hydrogen-bond donors (Lipinski definition) is 1. The van der Waals surface area contributed by atoms with Gasteiger partial charge in [0, 0.05) is 28.9 Å². The molecule has 0 bridgehead atoms. The molecule has 0 unspecified atom stereocenters. The number of nitrogens with zero attached hydrogens (tertiary/aromatic N) is 1. The number of allylic oxidation sites excluding steroid dienone is 1. The van der Waals surface area contributed by atoms with E-state index < -0.39 is 10.7 Å². The van der Waals surface area contributed by atoms with Crippen molar-refractivity contribution in [3.8, 4) is 0 Å². The van der Waals surface area contributed by atoms with Crippen molar-refractivity contribution in [2.75, 3.05) is 5.32 Å². The van der Waals surface area contributed by atoms with E-state index in [2.05, 4.69) is 5.32 Å². The van der Waals surface area contributed by atoms with Crippen molar-refractivity contribution in [2.45, 2.75) is 0 Å². The van der Waals surface area contributed by atoms with Gasteiger partial charge < -0.3 is 5.32 Å². The lowest BCUT2D eigenvalue weighted by Crippen LogP contribution is -2.06. The van der Waals surface area contributed by atoms with Crippen LogP contribution >= 0.6 is 0 Å². The van der Waals surface area contributed by atoms with Crippen molar-refractivity contribution in [1.82, 2.24) is 0 Å². The first kappa shape index (κ1) is 13.7. The summed E-state index contributed by atoms with van der Waals surface area (Å²) < 4.78 is 0. The number of nitrogens with one attached hydrogen (secondary N) is 1. The number of nitro benzene ring substituents is 1. The average molecular weight is 294 g/mol. The predicted octanol–water partition coefficient (Wildman–Crippen LogP) is 2.81. The number of anilines is 1. The summed E-state index contributed by atoms with van der Waals surface area (Å²) in [4.78, 5) is 34.4. The lowest BCUT2D eigenvalue weighted by Gasteiger charge is -1.99. The third-order valence-corrected chi connectivity index (χ3v) is 3.33. The van der Waals surface area contributed by atoms with Gasteiger partial charge in [0.1, 0.15) is 0 Å². The molecule has 2 aromatic carbocycles. The second kappa shape index (κ2) is 5.25. The van der Waals surface area contributed by atoms with Gasteiger partial charge >= 0.3 is 0 Å². The van der Waals surface area contributed by atoms with Gasteiger partial charge in [-0.1, -0.05) is 30.3 Å². The van der Waals surface area contributed by atoms with E-state index in [1.54, 1.807) is 24.3 Å². The molecule has 22 heavy (non-hydrogen) atoms. The molecule has 0 aliphatic carbocycles. The van der Waals surface area contributed by atoms with Gasteiger partial charge in [-0.25, -0.2) is 0 Å². The lowest BCUT2D eigenvalue weighted by molar-refractivity contribution is -0.384. The summed E-state index contributed by atoms with van der Waals surface area (Å²) in [5.74, 6) is -0.814. The topological polar surface area (TPSA) is 89.3 Å². The van der Waals surface area contributed by atoms with Gasteiger partial charge in [-0.15, -0.1) is 0 Å². The molecule has 108 valence electrons. The molecule has 1 aliphatic rings. The van der Waals surface area contributed by atoms with Gasteiger partial charge in [0.25, 0.3) is 11.6 Å². The second-order valence-electron chi connectivity index (χ2n) is 4.73. The van der Waals surface area contributed by atoms with Crippen molar-refractivity contribution in [1.29, 1.82) is 0 Å². The first-order valence-corrected chi connectivity index (χ1v) is 6.47. The molecule has 3 rings (SSSR count). The maximum absolute atomic E-state index is 12.3. The summed E-state index contributed by atoms with van der Waals surface area (Å²) in [7, 11) is 0. The molecule has 1 aliphatic heterocycles. The normalized spacial score (nSPS) is 14.5. The monoisotopic (exact) mass is 294 g/mol. The molecule has 2 aromatic rings. The third-order valence-electron chi connectivity index (χ3n) is 3.33. The van der Waals surface area contributed by atoms with Crippen LogP contribution in [0, 0.1) is 10.1 Å². The minimum absolute atomic E-state index is 0.166. The highest BCUT2D eigenvalue weighted by molar-refractivity contribution is 6.35. The Bertz CT molecular complexity index is 840. The summed E-state index contributed by atoms with van der Waals surface area (Å²) >= 11 is 0. The maximum atomic E-state index is 12.3. The summed E-state index contributed by atoms with van der Waals surface area (Å²) in [5, 5.41) is 13.4. The molecule has 1 amide bonds. The smallest absolute Gasteiger partial charge is 0.270 e. The molecular weight excluding hydrogens is 284 g/mol. The van der Waals surface area contributed by atoms with Crippen molar-refractivity contribution in [3.63, 3.8) is 0 Å². The Balaban J connectivity index is 1.99. The van der Waals surface area contributed by atoms with Crippen LogP contribution in [0.5, 0.6) is 0 Å². The minimum atomic E-state index is -0.568. The largest absolute Gasteiger partial charge is 0.321 e. The van der Waals surface area contributed by atoms with Crippen molar-refractivity contribution in [3.05, 3.63) is 75.8 Å². The zero-order valence-electron chi connectivity index (χ0n) is 11.3. The summed E-state index contributed by atoms with van der Waals surface area (Å²) in [5.41, 5.74) is 1.54. The van der Waals surface area contributed by atoms with Gasteiger partial charge in [-0.2, -0.15) is 0 Å². The Kier molecular flexibility index (Phi) is 3.27. The van der Waals surface area contributed by atoms with Gasteiger partial charge in [0.2, 0.25) is 0 Å². The summed E-state index contributed by atoms with van der Waals surface area (Å²) in [6, 6.07) is 12.4. The van der Waals surface area contributed by atoms with Crippen LogP contribution in [-0.2, 0) is 4.79 Å². The Morgan fingerprint density at radius 1 is 1.14 bits per heavy atom. The SMILES string of the molecule is O=C1Nc2ccccc2/C1=C\C(=O)c1cccc([N+](=O)[O-])c1. The molecule has 0 fully saturated rings. The number of non-ortho nitro benzene ring substituents is 1. The van der Waals surface area contributed by atoms with Crippen LogP contribution in [-0.4, -0.2) is 16.6 Å². The first-order valence-electron chi connectivity index (χ1n) is 6.47. The highest BCUT2D eigenvalue weighted by Crippen LogP contribution is 2.31. The molecule has 1 heterocycles. The molecule has 0 aromatic heterocycles. The number of para-hydroxylation sites is 1. The molecule has 0 saturated heterocycles. The zero-order chi connectivity index (χ0) is 15.7. The lowest BCUT2D eigenvalue weighted by atomic mass is 10.0. The number of carbonyl (C=O) groups is 2. The van der Waals surface area contributed by atoms with E-state index >= 15 is 0 Å². The zero-order valence-corrected chi connectivity index (χ0v) is 11.3. The molecular formula is C16H10N2O4. The van der Waals surface area contributed by atoms with Gasteiger partial charge in [-0.05, 0) is 12.1 Å². The van der Waals surface area contributed by atoms with Crippen LogP contribution in [0.3, 0.4) is 0 Å². The standard InChI is InChI=1S/C16H10N2O4/c19-15(10-4-3-5-11(8-10)18(21)22)9-13-12-6-1-2-7-14(12)17-16(13)20/h1-9H,(H,17,20)/b13-9+. The summed E-state index contributed by atoms with van der Waals surface area (Å²) in [6.45, 7) is 0. The van der Waals surface area contributed by atoms with E-state index in [1.165, 1.54) is 30.3 Å². The van der Waals surface area contributed by atoms with Gasteiger partial charge in [0.05, 0.1) is 10.5 Å². The van der Waals surface area contributed by atoms with E-state index in [4.69, 9.17) is 0 Å². The number of benzene rings is 2. The number of fused-ring (bicyclic) bond motifs is 1. The number of ketones is 1. The van der Waals surface area contributed by atoms with E-state index in [0.29, 0.717) is 11.3 Å². The molecule has 0 atom stereocenters. The Morgan fingerprint density at radius 3 is 2.68 bits per heavy atom. The summed E-state index contributed by atoms with van der Waals surface area (Å²) in [6.07, 6.45) is 1.21. The highest BCUT2D eigenvalue weighted by Gasteiger charge is 2.24. The van der Waals surface area contributed by atoms with Crippen LogP contribution in [0.25, 0.3) is 5.57 Å². The van der Waals surface area contributed by atoms with Crippen molar-refractivity contribution < 1.29 is 14.5 Å². The van der Waals surface area contributed by atoms with E-state index in [-0.39, 0.29) is 22.7 Å². The fraction of sp³-hybridized carbons (Fsp3) is 0. The van der Waals surface area contributed by atoms with Crippen LogP contribution in [0.2, 0.25) is 0 Å². The minimum Gasteiger partial charge on any atom is -0.321 e. The maximum Gasteiger partial charge on any atom is 0.270 e. The molecule has 6 heteroatoms. The fourth-order valence-corrected chi connectivity index (χ4v) is 2.27. The average Bonchev–Trinajstić information content (AvgIpc) is 2.83. The first-order chi connectivity index (χ1) is 10.6. The van der Waals surface area contributed by atoms with Crippen molar-refractivity contribution >= 4 is 28.6 Å². The molecule has 6 nitrogen and oxygen atoms in total. The second-order valence-corrected chi connectivity index (χ2v) is 4.73. The quantitative estimate of drug-likeness (QED) is 0.408. The van der Waals surface area contributed by atoms with Gasteiger partial charge in [-0.3, -0.25) is 19.7 Å². The fourth-order valence-electron chi connectivity index (χ4n) is 2.27. The third kappa shape index (κ3) is 2.37. The number of amides is 1. The number of hydrogen-bond acceptors (Lipinski definition) is 4. The molecule has 0 radical (unpaired) electrons. The van der Waals surface area contributed by atoms with Crippen LogP contribution in [0.1, 0.15) is 15.9 Å². The molecule has 0 saturated carbocycles. The number of carbonyl (C=O) groups excluding carboxylic acids is 2. The van der Waals surface area contributed by atoms with Crippen LogP contribution < -0.4 is 5.32 Å².